The molecule has 2 aromatic heterocycles. The van der Waals surface area contributed by atoms with Crippen LogP contribution in [0, 0.1) is 11.2 Å². The smallest absolute Gasteiger partial charge is 0.290 e. The minimum absolute atomic E-state index is 0.0429. The van der Waals surface area contributed by atoms with Gasteiger partial charge in [-0.3, -0.25) is 9.13 Å². The molecule has 19 heavy (non-hydrogen) atoms. The molecule has 0 spiro atoms. The Labute approximate surface area is 112 Å². The maximum atomic E-state index is 12.1. The lowest BCUT2D eigenvalue weighted by Crippen LogP contribution is -2.23. The number of aromatic nitrogens is 3. The molecule has 5 nitrogen and oxygen atoms in total. The van der Waals surface area contributed by atoms with Crippen molar-refractivity contribution in [1.82, 2.24) is 14.1 Å². The molecular weight excluding hydrogens is 239 g/mol. The van der Waals surface area contributed by atoms with Gasteiger partial charge in [0.25, 0.3) is 6.71 Å². The molecule has 2 rings (SSSR count). The Kier molecular flexibility index (Phi) is 4.05. The molecule has 2 heterocycles. The lowest BCUT2D eigenvalue weighted by molar-refractivity contribution is 0.649. The molecule has 2 aromatic rings. The molecular formula is C13H17BN4O. The first-order valence-electron chi connectivity index (χ1n) is 6.59. The van der Waals surface area contributed by atoms with E-state index in [0.717, 1.165) is 24.6 Å². The van der Waals surface area contributed by atoms with Crippen LogP contribution >= 0.6 is 0 Å². The fraction of sp³-hybridized carbons (Fsp3) is 0.462. The summed E-state index contributed by atoms with van der Waals surface area (Å²) in [6.07, 6.45) is 4.22. The Morgan fingerprint density at radius 1 is 1.53 bits per heavy atom. The fourth-order valence-electron chi connectivity index (χ4n) is 2.30. The van der Waals surface area contributed by atoms with Gasteiger partial charge in [-0.1, -0.05) is 19.6 Å². The second-order valence-electron chi connectivity index (χ2n) is 4.72. The van der Waals surface area contributed by atoms with Crippen molar-refractivity contribution in [2.45, 2.75) is 32.5 Å². The summed E-state index contributed by atoms with van der Waals surface area (Å²) in [5, 5.41) is 8.92. The third-order valence-corrected chi connectivity index (χ3v) is 3.50. The third-order valence-electron chi connectivity index (χ3n) is 3.50. The predicted octanol–water partition coefficient (Wildman–Crippen LogP) is 1.70. The molecule has 0 unspecified atom stereocenters. The Morgan fingerprint density at radius 2 is 2.32 bits per heavy atom. The summed E-state index contributed by atoms with van der Waals surface area (Å²) < 4.78 is 3.31. The van der Waals surface area contributed by atoms with Crippen molar-refractivity contribution in [1.29, 1.82) is 5.26 Å². The van der Waals surface area contributed by atoms with Gasteiger partial charge in [0.1, 0.15) is 0 Å². The van der Waals surface area contributed by atoms with E-state index >= 15 is 0 Å². The van der Waals surface area contributed by atoms with E-state index in [-0.39, 0.29) is 12.4 Å². The number of fused-ring (bicyclic) bond motifs is 1. The van der Waals surface area contributed by atoms with E-state index in [0.29, 0.717) is 12.2 Å². The van der Waals surface area contributed by atoms with Gasteiger partial charge in [0.05, 0.1) is 5.52 Å². The van der Waals surface area contributed by atoms with Crippen LogP contribution in [0.1, 0.15) is 13.3 Å². The van der Waals surface area contributed by atoms with Gasteiger partial charge in [0.15, 0.2) is 5.65 Å². The second kappa shape index (κ2) is 5.74. The summed E-state index contributed by atoms with van der Waals surface area (Å²) in [6, 6.07) is 3.74. The number of pyridine rings is 1. The molecule has 0 atom stereocenters. The Morgan fingerprint density at radius 3 is 3.00 bits per heavy atom. The predicted molar refractivity (Wildman–Crippen MR) is 76.2 cm³/mol. The van der Waals surface area contributed by atoms with Crippen LogP contribution < -0.4 is 5.69 Å². The number of nitrogens with zero attached hydrogens (tertiary/aromatic N) is 4. The molecule has 0 aliphatic carbocycles. The van der Waals surface area contributed by atoms with Crippen LogP contribution in [0.25, 0.3) is 11.2 Å². The molecule has 98 valence electrons. The van der Waals surface area contributed by atoms with Gasteiger partial charge >= 0.3 is 5.69 Å². The summed E-state index contributed by atoms with van der Waals surface area (Å²) in [4.78, 5) is 16.4. The second-order valence-corrected chi connectivity index (χ2v) is 4.72. The first kappa shape index (κ1) is 13.4. The van der Waals surface area contributed by atoms with Crippen LogP contribution in [-0.4, -0.2) is 20.8 Å². The highest BCUT2D eigenvalue weighted by Gasteiger charge is 2.13. The highest BCUT2D eigenvalue weighted by Crippen LogP contribution is 2.10. The summed E-state index contributed by atoms with van der Waals surface area (Å²) in [5.41, 5.74) is 1.53. The van der Waals surface area contributed by atoms with Gasteiger partial charge in [-0.25, -0.2) is 15.0 Å². The zero-order valence-corrected chi connectivity index (χ0v) is 11.3. The summed E-state index contributed by atoms with van der Waals surface area (Å²) in [6.45, 7) is 2.74. The molecule has 0 N–H and O–H groups in total. The van der Waals surface area contributed by atoms with Crippen LogP contribution in [0.15, 0.2) is 23.1 Å². The average molecular weight is 256 g/mol. The summed E-state index contributed by atoms with van der Waals surface area (Å²) >= 11 is 0. The molecule has 0 aliphatic rings. The molecule has 0 aliphatic heterocycles. The number of imidazole rings is 1. The van der Waals surface area contributed by atoms with E-state index in [2.05, 4.69) is 11.0 Å². The van der Waals surface area contributed by atoms with E-state index < -0.39 is 0 Å². The van der Waals surface area contributed by atoms with Gasteiger partial charge in [0.2, 0.25) is 0 Å². The van der Waals surface area contributed by atoms with Crippen molar-refractivity contribution in [2.75, 3.05) is 0 Å². The minimum Gasteiger partial charge on any atom is -0.290 e. The highest BCUT2D eigenvalue weighted by atomic mass is 16.1. The van der Waals surface area contributed by atoms with Crippen molar-refractivity contribution in [3.63, 3.8) is 0 Å². The summed E-state index contributed by atoms with van der Waals surface area (Å²) in [5.74, 6) is 2.29. The van der Waals surface area contributed by atoms with E-state index in [1.54, 1.807) is 22.4 Å². The third kappa shape index (κ3) is 2.55. The number of rotatable bonds is 5. The van der Waals surface area contributed by atoms with Crippen LogP contribution in [0.2, 0.25) is 12.6 Å². The molecule has 0 radical (unpaired) electrons. The van der Waals surface area contributed by atoms with Gasteiger partial charge in [0, 0.05) is 25.8 Å². The largest absolute Gasteiger partial charge is 0.330 e. The van der Waals surface area contributed by atoms with E-state index in [1.165, 1.54) is 0 Å². The molecule has 0 amide bonds. The number of aryl methyl sites for hydroxylation is 2. The van der Waals surface area contributed by atoms with Crippen LogP contribution in [0.3, 0.4) is 0 Å². The number of nitriles is 1. The van der Waals surface area contributed by atoms with Crippen molar-refractivity contribution in [3.8, 4) is 5.97 Å². The SMILES string of the molecule is CCB(C#N)CCCn1c(=O)n(C)c2ncccc21. The first-order valence-corrected chi connectivity index (χ1v) is 6.59. The molecule has 0 saturated heterocycles. The lowest BCUT2D eigenvalue weighted by atomic mass is 9.46. The molecule has 0 aromatic carbocycles. The Hall–Kier alpha value is -2.03. The first-order chi connectivity index (χ1) is 9.19. The van der Waals surface area contributed by atoms with Crippen molar-refractivity contribution in [2.24, 2.45) is 7.05 Å². The van der Waals surface area contributed by atoms with Crippen LogP contribution in [0.4, 0.5) is 0 Å². The molecule has 0 bridgehead atoms. The van der Waals surface area contributed by atoms with Crippen LogP contribution in [0.5, 0.6) is 0 Å². The Bertz CT molecular complexity index is 667. The normalized spacial score (nSPS) is 10.6. The van der Waals surface area contributed by atoms with Gasteiger partial charge in [-0.05, 0) is 18.6 Å². The topological polar surface area (TPSA) is 63.6 Å². The maximum Gasteiger partial charge on any atom is 0.330 e. The monoisotopic (exact) mass is 256 g/mol. The fourth-order valence-corrected chi connectivity index (χ4v) is 2.30. The van der Waals surface area contributed by atoms with Crippen LogP contribution in [-0.2, 0) is 13.6 Å². The van der Waals surface area contributed by atoms with Crippen molar-refractivity contribution >= 4 is 17.9 Å². The standard InChI is InChI=1S/C13H17BN4O/c1-3-14(10-15)7-5-9-18-11-6-4-8-16-12(11)17(2)13(18)19/h4,6,8H,3,5,7,9H2,1-2H3. The lowest BCUT2D eigenvalue weighted by Gasteiger charge is -2.04. The van der Waals surface area contributed by atoms with Gasteiger partial charge in [-0.2, -0.15) is 0 Å². The number of hydrogen-bond acceptors (Lipinski definition) is 3. The highest BCUT2D eigenvalue weighted by molar-refractivity contribution is 6.66. The summed E-state index contributed by atoms with van der Waals surface area (Å²) in [7, 11) is 1.73. The van der Waals surface area contributed by atoms with Gasteiger partial charge < -0.3 is 0 Å². The minimum atomic E-state index is -0.0429. The van der Waals surface area contributed by atoms with E-state index in [1.807, 2.05) is 19.1 Å². The quantitative estimate of drug-likeness (QED) is 0.765. The zero-order valence-electron chi connectivity index (χ0n) is 11.3. The number of hydrogen-bond donors (Lipinski definition) is 0. The van der Waals surface area contributed by atoms with E-state index in [9.17, 15) is 4.79 Å². The Balaban J connectivity index is 2.20. The molecule has 6 heteroatoms. The molecule has 0 fully saturated rings. The van der Waals surface area contributed by atoms with Gasteiger partial charge in [-0.15, -0.1) is 0 Å². The average Bonchev–Trinajstić information content (AvgIpc) is 2.69. The van der Waals surface area contributed by atoms with Crippen molar-refractivity contribution in [3.05, 3.63) is 28.8 Å². The van der Waals surface area contributed by atoms with Crippen molar-refractivity contribution < 1.29 is 0 Å². The van der Waals surface area contributed by atoms with E-state index in [4.69, 9.17) is 5.26 Å². The maximum absolute atomic E-state index is 12.1. The zero-order chi connectivity index (χ0) is 13.8. The molecule has 0 saturated carbocycles.